The Morgan fingerprint density at radius 3 is 1.94 bits per heavy atom. The van der Waals surface area contributed by atoms with Gasteiger partial charge in [-0.2, -0.15) is 0 Å². The van der Waals surface area contributed by atoms with E-state index in [2.05, 4.69) is 36.1 Å². The molecule has 0 amide bonds. The Hall–Kier alpha value is -2.30. The van der Waals surface area contributed by atoms with Crippen LogP contribution in [0.15, 0.2) is 78.5 Å². The SMILES string of the molecule is C(=C/C=C/c1ccccc1)=Cc1ccccc1. The van der Waals surface area contributed by atoms with Gasteiger partial charge in [-0.1, -0.05) is 72.8 Å². The Balaban J connectivity index is 1.99. The van der Waals surface area contributed by atoms with E-state index in [-0.39, 0.29) is 0 Å². The zero-order chi connectivity index (χ0) is 11.8. The van der Waals surface area contributed by atoms with Crippen molar-refractivity contribution < 1.29 is 0 Å². The van der Waals surface area contributed by atoms with Crippen LogP contribution in [0.5, 0.6) is 0 Å². The molecule has 0 bridgehead atoms. The molecular formula is C17H14. The Morgan fingerprint density at radius 1 is 0.706 bits per heavy atom. The van der Waals surface area contributed by atoms with E-state index < -0.39 is 0 Å². The topological polar surface area (TPSA) is 0 Å². The van der Waals surface area contributed by atoms with Gasteiger partial charge >= 0.3 is 0 Å². The van der Waals surface area contributed by atoms with Crippen LogP contribution < -0.4 is 0 Å². The first-order valence-electron chi connectivity index (χ1n) is 5.64. The molecule has 0 fully saturated rings. The summed E-state index contributed by atoms with van der Waals surface area (Å²) >= 11 is 0. The minimum absolute atomic E-state index is 1.16. The van der Waals surface area contributed by atoms with Gasteiger partial charge in [-0.25, -0.2) is 0 Å². The van der Waals surface area contributed by atoms with Crippen LogP contribution in [-0.2, 0) is 0 Å². The van der Waals surface area contributed by atoms with Crippen LogP contribution in [0, 0.1) is 0 Å². The summed E-state index contributed by atoms with van der Waals surface area (Å²) in [4.78, 5) is 0. The average Bonchev–Trinajstić information content (AvgIpc) is 2.41. The van der Waals surface area contributed by atoms with Crippen LogP contribution in [0.1, 0.15) is 11.1 Å². The molecule has 0 unspecified atom stereocenters. The van der Waals surface area contributed by atoms with E-state index in [1.165, 1.54) is 5.56 Å². The molecule has 0 spiro atoms. The second-order valence-electron chi connectivity index (χ2n) is 3.66. The van der Waals surface area contributed by atoms with E-state index in [1.807, 2.05) is 54.6 Å². The molecule has 0 aliphatic rings. The van der Waals surface area contributed by atoms with Gasteiger partial charge in [0, 0.05) is 0 Å². The molecule has 0 atom stereocenters. The molecule has 0 N–H and O–H groups in total. The highest BCUT2D eigenvalue weighted by Gasteiger charge is 1.80. The van der Waals surface area contributed by atoms with Crippen molar-refractivity contribution in [3.63, 3.8) is 0 Å². The molecule has 0 saturated carbocycles. The van der Waals surface area contributed by atoms with Gasteiger partial charge in [-0.3, -0.25) is 0 Å². The van der Waals surface area contributed by atoms with Gasteiger partial charge in [0.1, 0.15) is 0 Å². The molecule has 82 valence electrons. The van der Waals surface area contributed by atoms with E-state index in [4.69, 9.17) is 0 Å². The molecule has 0 aromatic heterocycles. The number of rotatable bonds is 3. The lowest BCUT2D eigenvalue weighted by Gasteiger charge is -1.88. The lowest BCUT2D eigenvalue weighted by Crippen LogP contribution is -1.66. The Morgan fingerprint density at radius 2 is 1.29 bits per heavy atom. The Bertz CT molecular complexity index is 527. The summed E-state index contributed by atoms with van der Waals surface area (Å²) in [6.07, 6.45) is 7.94. The van der Waals surface area contributed by atoms with Crippen LogP contribution in [0.3, 0.4) is 0 Å². The molecule has 0 heterocycles. The molecular weight excluding hydrogens is 204 g/mol. The number of allylic oxidation sites excluding steroid dienone is 2. The van der Waals surface area contributed by atoms with Crippen LogP contribution in [-0.4, -0.2) is 0 Å². The van der Waals surface area contributed by atoms with Gasteiger partial charge in [0.25, 0.3) is 0 Å². The van der Waals surface area contributed by atoms with Crippen molar-refractivity contribution in [2.75, 3.05) is 0 Å². The fraction of sp³-hybridized carbons (Fsp3) is 0. The third kappa shape index (κ3) is 3.98. The fourth-order valence-electron chi connectivity index (χ4n) is 1.47. The average molecular weight is 218 g/mol. The molecule has 2 aromatic carbocycles. The van der Waals surface area contributed by atoms with Gasteiger partial charge in [-0.15, -0.1) is 5.73 Å². The first kappa shape index (κ1) is 11.2. The lowest BCUT2D eigenvalue weighted by molar-refractivity contribution is 1.66. The Labute approximate surface area is 102 Å². The minimum Gasteiger partial charge on any atom is -0.120 e. The smallest absolute Gasteiger partial charge is 0.0127 e. The number of hydrogen-bond acceptors (Lipinski definition) is 0. The fourth-order valence-corrected chi connectivity index (χ4v) is 1.47. The quantitative estimate of drug-likeness (QED) is 0.523. The monoisotopic (exact) mass is 218 g/mol. The summed E-state index contributed by atoms with van der Waals surface area (Å²) in [5.74, 6) is 0. The second kappa shape index (κ2) is 6.32. The third-order valence-electron chi connectivity index (χ3n) is 2.33. The van der Waals surface area contributed by atoms with E-state index >= 15 is 0 Å². The standard InChI is InChI=1S/C17H14/c1-4-10-16(11-5-1)14-8-3-9-15-17-12-6-2-7-13-17/h1-8,10-15H/b14-8+. The van der Waals surface area contributed by atoms with Gasteiger partial charge in [-0.05, 0) is 23.3 Å². The lowest BCUT2D eigenvalue weighted by atomic mass is 10.2. The second-order valence-corrected chi connectivity index (χ2v) is 3.66. The summed E-state index contributed by atoms with van der Waals surface area (Å²) in [6.45, 7) is 0. The van der Waals surface area contributed by atoms with E-state index in [0.717, 1.165) is 5.56 Å². The predicted octanol–water partition coefficient (Wildman–Crippen LogP) is 4.57. The predicted molar refractivity (Wildman–Crippen MR) is 74.5 cm³/mol. The van der Waals surface area contributed by atoms with Gasteiger partial charge in [0.15, 0.2) is 0 Å². The number of hydrogen-bond donors (Lipinski definition) is 0. The number of benzene rings is 2. The van der Waals surface area contributed by atoms with Crippen LogP contribution in [0.4, 0.5) is 0 Å². The molecule has 2 rings (SSSR count). The van der Waals surface area contributed by atoms with Crippen molar-refractivity contribution >= 4 is 12.2 Å². The van der Waals surface area contributed by atoms with E-state index in [1.54, 1.807) is 0 Å². The van der Waals surface area contributed by atoms with Crippen molar-refractivity contribution in [2.24, 2.45) is 0 Å². The first-order valence-corrected chi connectivity index (χ1v) is 5.64. The van der Waals surface area contributed by atoms with Crippen LogP contribution >= 0.6 is 0 Å². The summed E-state index contributed by atoms with van der Waals surface area (Å²) in [5.41, 5.74) is 5.50. The maximum Gasteiger partial charge on any atom is -0.0127 e. The minimum atomic E-state index is 1.16. The van der Waals surface area contributed by atoms with Crippen molar-refractivity contribution in [2.45, 2.75) is 0 Å². The van der Waals surface area contributed by atoms with Crippen LogP contribution in [0.2, 0.25) is 0 Å². The highest BCUT2D eigenvalue weighted by atomic mass is 13.9. The maximum atomic E-state index is 3.14. The molecule has 2 aromatic rings. The van der Waals surface area contributed by atoms with E-state index in [0.29, 0.717) is 0 Å². The summed E-state index contributed by atoms with van der Waals surface area (Å²) in [7, 11) is 0. The highest BCUT2D eigenvalue weighted by Crippen LogP contribution is 2.01. The Kier molecular flexibility index (Phi) is 4.16. The summed E-state index contributed by atoms with van der Waals surface area (Å²) in [6, 6.07) is 20.4. The first-order chi connectivity index (χ1) is 8.45. The van der Waals surface area contributed by atoms with Gasteiger partial charge in [0.05, 0.1) is 0 Å². The molecule has 0 aliphatic carbocycles. The molecule has 17 heavy (non-hydrogen) atoms. The largest absolute Gasteiger partial charge is 0.120 e. The highest BCUT2D eigenvalue weighted by molar-refractivity contribution is 5.52. The molecule has 0 radical (unpaired) electrons. The zero-order valence-corrected chi connectivity index (χ0v) is 9.58. The van der Waals surface area contributed by atoms with Crippen molar-refractivity contribution in [3.05, 3.63) is 89.7 Å². The molecule has 0 aliphatic heterocycles. The maximum absolute atomic E-state index is 3.14. The third-order valence-corrected chi connectivity index (χ3v) is 2.33. The van der Waals surface area contributed by atoms with E-state index in [9.17, 15) is 0 Å². The zero-order valence-electron chi connectivity index (χ0n) is 9.58. The van der Waals surface area contributed by atoms with Crippen LogP contribution in [0.25, 0.3) is 12.2 Å². The normalized spacial score (nSPS) is 9.88. The van der Waals surface area contributed by atoms with Gasteiger partial charge in [0.2, 0.25) is 0 Å². The van der Waals surface area contributed by atoms with Gasteiger partial charge < -0.3 is 0 Å². The summed E-state index contributed by atoms with van der Waals surface area (Å²) < 4.78 is 0. The molecule has 0 saturated heterocycles. The molecule has 0 nitrogen and oxygen atoms in total. The molecule has 0 heteroatoms. The van der Waals surface area contributed by atoms with Crippen molar-refractivity contribution in [1.82, 2.24) is 0 Å². The summed E-state index contributed by atoms with van der Waals surface area (Å²) in [5, 5.41) is 0. The van der Waals surface area contributed by atoms with Crippen molar-refractivity contribution in [3.8, 4) is 0 Å². The van der Waals surface area contributed by atoms with Crippen molar-refractivity contribution in [1.29, 1.82) is 0 Å².